The zero-order valence-electron chi connectivity index (χ0n) is 21.0. The number of rotatable bonds is 5. The number of benzene rings is 2. The summed E-state index contributed by atoms with van der Waals surface area (Å²) in [6, 6.07) is 13.1. The lowest BCUT2D eigenvalue weighted by Crippen LogP contribution is -2.40. The number of hydrogen-bond donors (Lipinski definition) is 2. The molecule has 2 rings (SSSR count). The third kappa shape index (κ3) is 7.40. The van der Waals surface area contributed by atoms with Gasteiger partial charge in [0.1, 0.15) is 5.75 Å². The van der Waals surface area contributed by atoms with Crippen LogP contribution in [0.5, 0.6) is 5.75 Å². The minimum absolute atomic E-state index is 0.0280. The first-order valence-electron chi connectivity index (χ1n) is 11.1. The molecule has 0 radical (unpaired) electrons. The normalized spacial score (nSPS) is 12.3. The van der Waals surface area contributed by atoms with Crippen molar-refractivity contribution in [3.8, 4) is 5.75 Å². The van der Waals surface area contributed by atoms with Gasteiger partial charge in [0.05, 0.1) is 0 Å². The van der Waals surface area contributed by atoms with E-state index in [2.05, 4.69) is 64.3 Å². The van der Waals surface area contributed by atoms with Gasteiger partial charge in [0.15, 0.2) is 6.61 Å². The first-order chi connectivity index (χ1) is 14.6. The second-order valence-corrected chi connectivity index (χ2v) is 11.3. The first kappa shape index (κ1) is 25.4. The highest BCUT2D eigenvalue weighted by molar-refractivity contribution is 5.97. The van der Waals surface area contributed by atoms with E-state index >= 15 is 0 Å². The van der Waals surface area contributed by atoms with E-state index in [1.807, 2.05) is 26.8 Å². The lowest BCUT2D eigenvalue weighted by Gasteiger charge is -2.27. The summed E-state index contributed by atoms with van der Waals surface area (Å²) in [6.45, 7) is 18.6. The zero-order valence-corrected chi connectivity index (χ0v) is 21.0. The van der Waals surface area contributed by atoms with Gasteiger partial charge in [0.2, 0.25) is 0 Å². The number of amides is 2. The number of nitrogens with one attached hydrogen (secondary N) is 2. The summed E-state index contributed by atoms with van der Waals surface area (Å²) in [4.78, 5) is 24.9. The summed E-state index contributed by atoms with van der Waals surface area (Å²) >= 11 is 0. The number of ether oxygens (including phenoxy) is 1. The molecule has 0 saturated carbocycles. The highest BCUT2D eigenvalue weighted by atomic mass is 16.5. The standard InChI is InChI=1S/C27H38N2O3/c1-25(2,3)19-13-14-22(21(16-19)26(4,5)6)32-17-23(30)28-20-12-10-11-18(15-20)24(31)29-27(7,8)9/h10-16H,17H2,1-9H3,(H,28,30)(H,29,31). The molecule has 0 aromatic heterocycles. The molecular weight excluding hydrogens is 400 g/mol. The van der Waals surface area contributed by atoms with E-state index < -0.39 is 0 Å². The molecule has 0 atom stereocenters. The average molecular weight is 439 g/mol. The van der Waals surface area contributed by atoms with Crippen LogP contribution in [-0.4, -0.2) is 24.0 Å². The summed E-state index contributed by atoms with van der Waals surface area (Å²) in [6.07, 6.45) is 0. The van der Waals surface area contributed by atoms with Crippen molar-refractivity contribution >= 4 is 17.5 Å². The van der Waals surface area contributed by atoms with Crippen molar-refractivity contribution in [2.24, 2.45) is 0 Å². The minimum Gasteiger partial charge on any atom is -0.483 e. The molecule has 0 spiro atoms. The Hall–Kier alpha value is -2.82. The maximum atomic E-state index is 12.5. The first-order valence-corrected chi connectivity index (χ1v) is 11.1. The van der Waals surface area contributed by atoms with Crippen LogP contribution >= 0.6 is 0 Å². The predicted octanol–water partition coefficient (Wildman–Crippen LogP) is 5.83. The zero-order chi connectivity index (χ0) is 24.3. The van der Waals surface area contributed by atoms with E-state index in [0.717, 1.165) is 5.56 Å². The maximum absolute atomic E-state index is 12.5. The summed E-state index contributed by atoms with van der Waals surface area (Å²) in [5.41, 5.74) is 2.91. The second kappa shape index (κ2) is 9.35. The third-order valence-corrected chi connectivity index (χ3v) is 4.91. The van der Waals surface area contributed by atoms with Gasteiger partial charge in [-0.3, -0.25) is 9.59 Å². The molecule has 0 unspecified atom stereocenters. The molecule has 0 aliphatic carbocycles. The Morgan fingerprint density at radius 3 is 2.06 bits per heavy atom. The molecule has 5 heteroatoms. The lowest BCUT2D eigenvalue weighted by molar-refractivity contribution is -0.118. The van der Waals surface area contributed by atoms with Crippen molar-refractivity contribution in [1.82, 2.24) is 5.32 Å². The highest BCUT2D eigenvalue weighted by Crippen LogP contribution is 2.35. The van der Waals surface area contributed by atoms with Crippen LogP contribution in [0, 0.1) is 0 Å². The summed E-state index contributed by atoms with van der Waals surface area (Å²) in [5.74, 6) is 0.246. The molecule has 0 aliphatic heterocycles. The van der Waals surface area contributed by atoms with Gasteiger partial charge in [-0.25, -0.2) is 0 Å². The molecule has 0 aliphatic rings. The Morgan fingerprint density at radius 2 is 1.50 bits per heavy atom. The van der Waals surface area contributed by atoms with Gasteiger partial charge in [-0.05, 0) is 67.0 Å². The van der Waals surface area contributed by atoms with Crippen molar-refractivity contribution in [3.05, 3.63) is 59.2 Å². The Labute approximate surface area is 192 Å². The number of anilines is 1. The largest absolute Gasteiger partial charge is 0.483 e. The molecular formula is C27H38N2O3. The molecule has 0 heterocycles. The van der Waals surface area contributed by atoms with Crippen molar-refractivity contribution in [1.29, 1.82) is 0 Å². The van der Waals surface area contributed by atoms with Crippen LogP contribution in [0.25, 0.3) is 0 Å². The Bertz CT molecular complexity index is 974. The summed E-state index contributed by atoms with van der Waals surface area (Å²) < 4.78 is 5.92. The van der Waals surface area contributed by atoms with E-state index in [-0.39, 0.29) is 34.8 Å². The molecule has 2 aromatic carbocycles. The average Bonchev–Trinajstić information content (AvgIpc) is 2.63. The summed E-state index contributed by atoms with van der Waals surface area (Å²) in [7, 11) is 0. The van der Waals surface area contributed by atoms with Crippen LogP contribution in [0.2, 0.25) is 0 Å². The van der Waals surface area contributed by atoms with Crippen LogP contribution in [0.15, 0.2) is 42.5 Å². The van der Waals surface area contributed by atoms with Gasteiger partial charge in [-0.1, -0.05) is 59.7 Å². The van der Waals surface area contributed by atoms with Crippen LogP contribution in [0.3, 0.4) is 0 Å². The number of carbonyl (C=O) groups excluding carboxylic acids is 2. The van der Waals surface area contributed by atoms with Crippen molar-refractivity contribution in [2.45, 2.75) is 78.7 Å². The van der Waals surface area contributed by atoms with Crippen LogP contribution in [-0.2, 0) is 15.6 Å². The van der Waals surface area contributed by atoms with E-state index in [4.69, 9.17) is 4.74 Å². The fraction of sp³-hybridized carbons (Fsp3) is 0.481. The van der Waals surface area contributed by atoms with Crippen molar-refractivity contribution < 1.29 is 14.3 Å². The number of hydrogen-bond acceptors (Lipinski definition) is 3. The van der Waals surface area contributed by atoms with Crippen molar-refractivity contribution in [3.63, 3.8) is 0 Å². The fourth-order valence-electron chi connectivity index (χ4n) is 3.20. The number of carbonyl (C=O) groups is 2. The van der Waals surface area contributed by atoms with Gasteiger partial charge < -0.3 is 15.4 Å². The van der Waals surface area contributed by atoms with Gasteiger partial charge >= 0.3 is 0 Å². The van der Waals surface area contributed by atoms with Gasteiger partial charge in [0.25, 0.3) is 11.8 Å². The highest BCUT2D eigenvalue weighted by Gasteiger charge is 2.23. The second-order valence-electron chi connectivity index (χ2n) is 11.3. The Kier molecular flexibility index (Phi) is 7.44. The van der Waals surface area contributed by atoms with E-state index in [0.29, 0.717) is 17.0 Å². The third-order valence-electron chi connectivity index (χ3n) is 4.91. The molecule has 2 amide bonds. The molecule has 2 aromatic rings. The quantitative estimate of drug-likeness (QED) is 0.617. The molecule has 32 heavy (non-hydrogen) atoms. The molecule has 5 nitrogen and oxygen atoms in total. The fourth-order valence-corrected chi connectivity index (χ4v) is 3.20. The molecule has 2 N–H and O–H groups in total. The maximum Gasteiger partial charge on any atom is 0.262 e. The van der Waals surface area contributed by atoms with E-state index in [9.17, 15) is 9.59 Å². The van der Waals surface area contributed by atoms with Crippen molar-refractivity contribution in [2.75, 3.05) is 11.9 Å². The topological polar surface area (TPSA) is 67.4 Å². The van der Waals surface area contributed by atoms with Gasteiger partial charge in [-0.2, -0.15) is 0 Å². The Balaban J connectivity index is 2.11. The Morgan fingerprint density at radius 1 is 0.844 bits per heavy atom. The molecule has 0 saturated heterocycles. The lowest BCUT2D eigenvalue weighted by atomic mass is 9.80. The molecule has 0 fully saturated rings. The molecule has 0 bridgehead atoms. The SMILES string of the molecule is CC(C)(C)NC(=O)c1cccc(NC(=O)COc2ccc(C(C)(C)C)cc2C(C)(C)C)c1. The monoisotopic (exact) mass is 438 g/mol. The van der Waals surface area contributed by atoms with Crippen LogP contribution in [0.4, 0.5) is 5.69 Å². The van der Waals surface area contributed by atoms with E-state index in [1.54, 1.807) is 24.3 Å². The van der Waals surface area contributed by atoms with E-state index in [1.165, 1.54) is 5.56 Å². The van der Waals surface area contributed by atoms with Crippen LogP contribution in [0.1, 0.15) is 83.8 Å². The summed E-state index contributed by atoms with van der Waals surface area (Å²) in [5, 5.41) is 5.74. The predicted molar refractivity (Wildman–Crippen MR) is 132 cm³/mol. The smallest absolute Gasteiger partial charge is 0.262 e. The van der Waals surface area contributed by atoms with Crippen LogP contribution < -0.4 is 15.4 Å². The van der Waals surface area contributed by atoms with Gasteiger partial charge in [-0.15, -0.1) is 0 Å². The minimum atomic E-state index is -0.336. The van der Waals surface area contributed by atoms with Gasteiger partial charge in [0, 0.05) is 16.8 Å². The molecule has 174 valence electrons.